The van der Waals surface area contributed by atoms with Crippen molar-refractivity contribution >= 4 is 50.0 Å². The number of amides is 3. The number of primary amides is 1. The van der Waals surface area contributed by atoms with Crippen LogP contribution in [0.4, 0.5) is 15.5 Å². The molecule has 2 aromatic carbocycles. The number of nitrogens with two attached hydrogens (primary N) is 1. The van der Waals surface area contributed by atoms with E-state index in [1.165, 1.54) is 39.9 Å². The number of anilines is 2. The molecule has 2 aliphatic heterocycles. The number of hydrogen-bond acceptors (Lipinski definition) is 7. The van der Waals surface area contributed by atoms with Gasteiger partial charge in [0.1, 0.15) is 5.00 Å². The average molecular weight is 569 g/mol. The number of nitrogens with one attached hydrogen (secondary N) is 1. The quantitative estimate of drug-likeness (QED) is 0.464. The summed E-state index contributed by atoms with van der Waals surface area (Å²) in [6.45, 7) is 2.99. The molecule has 204 valence electrons. The van der Waals surface area contributed by atoms with E-state index in [0.29, 0.717) is 35.8 Å². The lowest BCUT2D eigenvalue weighted by atomic mass is 10.0. The maximum absolute atomic E-state index is 13.4. The fourth-order valence-electron chi connectivity index (χ4n) is 4.95. The van der Waals surface area contributed by atoms with E-state index < -0.39 is 27.9 Å². The van der Waals surface area contributed by atoms with Crippen LogP contribution in [0, 0.1) is 0 Å². The van der Waals surface area contributed by atoms with Crippen molar-refractivity contribution < 1.29 is 27.5 Å². The molecule has 0 radical (unpaired) electrons. The number of rotatable bonds is 6. The van der Waals surface area contributed by atoms with E-state index >= 15 is 0 Å². The van der Waals surface area contributed by atoms with Gasteiger partial charge in [0, 0.05) is 23.5 Å². The van der Waals surface area contributed by atoms with Crippen LogP contribution in [-0.4, -0.2) is 50.9 Å². The molecule has 12 heteroatoms. The smallest absolute Gasteiger partial charge is 0.410 e. The van der Waals surface area contributed by atoms with E-state index in [2.05, 4.69) is 5.32 Å². The molecule has 0 atom stereocenters. The number of hydrogen-bond donors (Lipinski definition) is 2. The van der Waals surface area contributed by atoms with Crippen molar-refractivity contribution in [1.82, 2.24) is 4.90 Å². The van der Waals surface area contributed by atoms with Gasteiger partial charge in [0.15, 0.2) is 0 Å². The topological polar surface area (TPSA) is 139 Å². The molecular weight excluding hydrogens is 540 g/mol. The largest absolute Gasteiger partial charge is 0.450 e. The summed E-state index contributed by atoms with van der Waals surface area (Å²) < 4.78 is 33.3. The second-order valence-electron chi connectivity index (χ2n) is 9.23. The van der Waals surface area contributed by atoms with Crippen LogP contribution < -0.4 is 15.4 Å². The molecule has 10 nitrogen and oxygen atoms in total. The second kappa shape index (κ2) is 10.7. The van der Waals surface area contributed by atoms with Gasteiger partial charge >= 0.3 is 6.09 Å². The molecular formula is C27H28N4O6S2. The highest BCUT2D eigenvalue weighted by Crippen LogP contribution is 2.37. The molecule has 0 spiro atoms. The number of ether oxygens (including phenoxy) is 1. The summed E-state index contributed by atoms with van der Waals surface area (Å²) in [4.78, 5) is 39.9. The monoisotopic (exact) mass is 568 g/mol. The molecule has 2 aliphatic rings. The number of fused-ring (bicyclic) bond motifs is 2. The first-order chi connectivity index (χ1) is 18.7. The zero-order chi connectivity index (χ0) is 27.7. The van der Waals surface area contributed by atoms with Gasteiger partial charge in [-0.15, -0.1) is 11.3 Å². The van der Waals surface area contributed by atoms with Gasteiger partial charge in [0.05, 0.1) is 29.3 Å². The average Bonchev–Trinajstić information content (AvgIpc) is 3.30. The number of benzene rings is 2. The minimum atomic E-state index is -3.81. The van der Waals surface area contributed by atoms with Crippen LogP contribution in [0.3, 0.4) is 0 Å². The maximum Gasteiger partial charge on any atom is 0.410 e. The molecule has 1 aromatic heterocycles. The van der Waals surface area contributed by atoms with Crippen LogP contribution in [0.2, 0.25) is 0 Å². The Hall–Kier alpha value is -3.90. The fourth-order valence-corrected chi connectivity index (χ4v) is 7.76. The molecule has 39 heavy (non-hydrogen) atoms. The number of aryl methyl sites for hydroxylation is 1. The molecule has 0 bridgehead atoms. The van der Waals surface area contributed by atoms with E-state index in [9.17, 15) is 22.8 Å². The molecule has 0 saturated heterocycles. The predicted molar refractivity (Wildman–Crippen MR) is 148 cm³/mol. The Morgan fingerprint density at radius 3 is 2.51 bits per heavy atom. The molecule has 5 rings (SSSR count). The Labute approximate surface area is 230 Å². The van der Waals surface area contributed by atoms with E-state index in [-0.39, 0.29) is 29.2 Å². The van der Waals surface area contributed by atoms with Crippen molar-refractivity contribution in [3.05, 3.63) is 75.7 Å². The number of carbonyl (C=O) groups excluding carboxylic acids is 3. The summed E-state index contributed by atoms with van der Waals surface area (Å²) in [5.74, 6) is -1.18. The highest BCUT2D eigenvalue weighted by atomic mass is 32.2. The van der Waals surface area contributed by atoms with Gasteiger partial charge in [-0.05, 0) is 67.6 Å². The van der Waals surface area contributed by atoms with Gasteiger partial charge in [-0.2, -0.15) is 0 Å². The Bertz CT molecular complexity index is 1550. The summed E-state index contributed by atoms with van der Waals surface area (Å²) >= 11 is 1.19. The van der Waals surface area contributed by atoms with E-state index in [1.807, 2.05) is 18.2 Å². The van der Waals surface area contributed by atoms with Crippen LogP contribution in [0.1, 0.15) is 50.1 Å². The Balaban J connectivity index is 1.35. The summed E-state index contributed by atoms with van der Waals surface area (Å²) in [5.41, 5.74) is 8.48. The van der Waals surface area contributed by atoms with Crippen molar-refractivity contribution in [2.75, 3.05) is 29.3 Å². The molecule has 0 aliphatic carbocycles. The van der Waals surface area contributed by atoms with Crippen molar-refractivity contribution in [1.29, 1.82) is 0 Å². The molecule has 3 heterocycles. The Morgan fingerprint density at radius 1 is 1.05 bits per heavy atom. The van der Waals surface area contributed by atoms with E-state index in [1.54, 1.807) is 17.9 Å². The summed E-state index contributed by atoms with van der Waals surface area (Å²) in [6, 6.07) is 13.2. The minimum absolute atomic E-state index is 0.0826. The molecule has 0 saturated carbocycles. The molecule has 0 fully saturated rings. The van der Waals surface area contributed by atoms with Crippen molar-refractivity contribution in [2.45, 2.75) is 37.6 Å². The van der Waals surface area contributed by atoms with Crippen LogP contribution in [-0.2, 0) is 34.1 Å². The highest BCUT2D eigenvalue weighted by Gasteiger charge is 2.31. The number of carbonyl (C=O) groups is 3. The van der Waals surface area contributed by atoms with Crippen molar-refractivity contribution in [3.8, 4) is 0 Å². The molecule has 3 N–H and O–H groups in total. The third-order valence-electron chi connectivity index (χ3n) is 6.83. The predicted octanol–water partition coefficient (Wildman–Crippen LogP) is 3.76. The zero-order valence-electron chi connectivity index (χ0n) is 21.3. The zero-order valence-corrected chi connectivity index (χ0v) is 22.9. The first-order valence-corrected chi connectivity index (χ1v) is 14.8. The van der Waals surface area contributed by atoms with E-state index in [4.69, 9.17) is 10.5 Å². The fraction of sp³-hybridized carbons (Fsp3) is 0.296. The number of nitrogens with zero attached hydrogens (tertiary/aromatic N) is 2. The highest BCUT2D eigenvalue weighted by molar-refractivity contribution is 7.92. The van der Waals surface area contributed by atoms with Gasteiger partial charge in [-0.1, -0.05) is 18.2 Å². The van der Waals surface area contributed by atoms with Crippen molar-refractivity contribution in [2.24, 2.45) is 5.73 Å². The molecule has 3 aromatic rings. The van der Waals surface area contributed by atoms with Gasteiger partial charge in [0.2, 0.25) is 0 Å². The normalized spacial score (nSPS) is 14.8. The maximum atomic E-state index is 13.4. The van der Waals surface area contributed by atoms with Gasteiger partial charge in [-0.3, -0.25) is 13.9 Å². The standard InChI is InChI=1S/C27H28N4O6S2/c1-2-37-27(34)30-15-13-20-22(16-30)38-26(23(20)24(28)32)29-25(33)18-9-11-19(12-10-18)39(35,36)31-14-5-7-17-6-3-4-8-21(17)31/h3-4,6,8-12H,2,5,7,13-16H2,1H3,(H2,28,32)(H,29,33). The second-order valence-corrected chi connectivity index (χ2v) is 12.2. The lowest BCUT2D eigenvalue weighted by molar-refractivity contribution is 0.0997. The first-order valence-electron chi connectivity index (χ1n) is 12.6. The van der Waals surface area contributed by atoms with Gasteiger partial charge in [0.25, 0.3) is 21.8 Å². The van der Waals surface area contributed by atoms with Crippen LogP contribution in [0.25, 0.3) is 0 Å². The van der Waals surface area contributed by atoms with Crippen molar-refractivity contribution in [3.63, 3.8) is 0 Å². The first kappa shape index (κ1) is 26.7. The molecule has 0 unspecified atom stereocenters. The number of para-hydroxylation sites is 1. The Kier molecular flexibility index (Phi) is 7.32. The van der Waals surface area contributed by atoms with Gasteiger partial charge < -0.3 is 20.7 Å². The third-order valence-corrected chi connectivity index (χ3v) is 9.79. The van der Waals surface area contributed by atoms with Crippen LogP contribution in [0.5, 0.6) is 0 Å². The number of sulfonamides is 1. The van der Waals surface area contributed by atoms with E-state index in [0.717, 1.165) is 23.3 Å². The lowest BCUT2D eigenvalue weighted by Crippen LogP contribution is -2.36. The lowest BCUT2D eigenvalue weighted by Gasteiger charge is -2.30. The molecule has 3 amide bonds. The summed E-state index contributed by atoms with van der Waals surface area (Å²) in [6.07, 6.45) is 1.51. The van der Waals surface area contributed by atoms with Crippen LogP contribution in [0.15, 0.2) is 53.4 Å². The Morgan fingerprint density at radius 2 is 1.79 bits per heavy atom. The SMILES string of the molecule is CCOC(=O)N1CCc2c(sc(NC(=O)c3ccc(S(=O)(=O)N4CCCc5ccccc54)cc3)c2C(N)=O)C1. The van der Waals surface area contributed by atoms with Crippen LogP contribution >= 0.6 is 11.3 Å². The number of thiophene rings is 1. The minimum Gasteiger partial charge on any atom is -0.450 e. The summed E-state index contributed by atoms with van der Waals surface area (Å²) in [5, 5.41) is 3.05. The van der Waals surface area contributed by atoms with Gasteiger partial charge in [-0.25, -0.2) is 13.2 Å². The third kappa shape index (κ3) is 5.09. The summed E-state index contributed by atoms with van der Waals surface area (Å²) in [7, 11) is -3.81.